The second kappa shape index (κ2) is 9.96. The summed E-state index contributed by atoms with van der Waals surface area (Å²) in [6.07, 6.45) is 6.88. The number of nitriles is 1. The van der Waals surface area contributed by atoms with E-state index < -0.39 is 11.7 Å². The van der Waals surface area contributed by atoms with Gasteiger partial charge in [0.25, 0.3) is 5.91 Å². The van der Waals surface area contributed by atoms with Crippen LogP contribution in [0.4, 0.5) is 4.39 Å². The molecule has 1 aliphatic carbocycles. The third kappa shape index (κ3) is 5.12. The van der Waals surface area contributed by atoms with Crippen molar-refractivity contribution in [2.75, 3.05) is 13.2 Å². The number of halogens is 1. The van der Waals surface area contributed by atoms with Crippen molar-refractivity contribution in [2.24, 2.45) is 17.6 Å². The Morgan fingerprint density at radius 2 is 2.00 bits per heavy atom. The average Bonchev–Trinajstić information content (AvgIpc) is 3.33. The number of carbonyl (C=O) groups excluding carboxylic acids is 2. The van der Waals surface area contributed by atoms with Crippen LogP contribution in [0.1, 0.15) is 59.6 Å². The summed E-state index contributed by atoms with van der Waals surface area (Å²) >= 11 is 0. The Labute approximate surface area is 191 Å². The van der Waals surface area contributed by atoms with Crippen molar-refractivity contribution in [1.29, 1.82) is 5.26 Å². The summed E-state index contributed by atoms with van der Waals surface area (Å²) in [4.78, 5) is 34.2. The van der Waals surface area contributed by atoms with Gasteiger partial charge in [0.2, 0.25) is 5.91 Å². The first kappa shape index (κ1) is 22.7. The van der Waals surface area contributed by atoms with E-state index in [0.717, 1.165) is 18.4 Å². The molecular formula is C24H25FN4O4. The summed E-state index contributed by atoms with van der Waals surface area (Å²) in [6, 6.07) is 7.54. The maximum Gasteiger partial charge on any atom is 0.251 e. The molecule has 2 aliphatic rings. The van der Waals surface area contributed by atoms with E-state index in [4.69, 9.17) is 20.6 Å². The van der Waals surface area contributed by atoms with Crippen LogP contribution in [0, 0.1) is 29.0 Å². The highest BCUT2D eigenvalue weighted by Crippen LogP contribution is 2.36. The number of amides is 2. The highest BCUT2D eigenvalue weighted by molar-refractivity contribution is 5.93. The molecule has 0 spiro atoms. The fourth-order valence-electron chi connectivity index (χ4n) is 4.44. The third-order valence-electron chi connectivity index (χ3n) is 6.28. The first-order valence-corrected chi connectivity index (χ1v) is 11.0. The molecule has 1 aliphatic heterocycles. The number of pyridine rings is 1. The number of nitrogens with two attached hydrogens (primary N) is 1. The van der Waals surface area contributed by atoms with Crippen LogP contribution in [0.5, 0.6) is 5.75 Å². The zero-order chi connectivity index (χ0) is 23.4. The van der Waals surface area contributed by atoms with Gasteiger partial charge in [0.05, 0.1) is 30.4 Å². The van der Waals surface area contributed by atoms with Crippen molar-refractivity contribution < 1.29 is 23.6 Å². The van der Waals surface area contributed by atoms with Gasteiger partial charge in [-0.2, -0.15) is 5.26 Å². The summed E-state index contributed by atoms with van der Waals surface area (Å²) < 4.78 is 19.4. The van der Waals surface area contributed by atoms with Crippen molar-refractivity contribution in [1.82, 2.24) is 10.0 Å². The number of nitrogens with zero attached hydrogens (tertiary/aromatic N) is 3. The van der Waals surface area contributed by atoms with E-state index in [1.165, 1.54) is 29.5 Å². The lowest BCUT2D eigenvalue weighted by atomic mass is 9.81. The Morgan fingerprint density at radius 1 is 1.21 bits per heavy atom. The molecule has 1 saturated carbocycles. The Hall–Kier alpha value is -3.51. The predicted molar refractivity (Wildman–Crippen MR) is 115 cm³/mol. The fourth-order valence-corrected chi connectivity index (χ4v) is 4.44. The molecule has 0 bridgehead atoms. The Morgan fingerprint density at radius 3 is 2.73 bits per heavy atom. The Bertz CT molecular complexity index is 1080. The molecule has 33 heavy (non-hydrogen) atoms. The number of hydrogen-bond acceptors (Lipinski definition) is 6. The second-order valence-electron chi connectivity index (χ2n) is 8.46. The van der Waals surface area contributed by atoms with E-state index in [2.05, 4.69) is 11.1 Å². The van der Waals surface area contributed by atoms with Gasteiger partial charge < -0.3 is 10.5 Å². The number of aromatic nitrogens is 1. The summed E-state index contributed by atoms with van der Waals surface area (Å²) in [5, 5.41) is 10.6. The number of carbonyl (C=O) groups is 2. The maximum atomic E-state index is 13.6. The van der Waals surface area contributed by atoms with Crippen LogP contribution in [0.2, 0.25) is 0 Å². The van der Waals surface area contributed by atoms with Gasteiger partial charge in [0.15, 0.2) is 0 Å². The van der Waals surface area contributed by atoms with E-state index in [-0.39, 0.29) is 29.3 Å². The van der Waals surface area contributed by atoms with Gasteiger partial charge in [0, 0.05) is 24.7 Å². The SMILES string of the molecule is N#Cc1cncc([C@@H]2CCON2C(=O)[C@H]2CC[C@H](COc3ccc(F)c(C(N)=O)c3)CC2)c1. The lowest BCUT2D eigenvalue weighted by Gasteiger charge is -2.31. The molecule has 1 aromatic heterocycles. The molecule has 2 aromatic rings. The Kier molecular flexibility index (Phi) is 6.84. The molecule has 0 radical (unpaired) electrons. The van der Waals surface area contributed by atoms with Crippen LogP contribution in [-0.2, 0) is 9.63 Å². The summed E-state index contributed by atoms with van der Waals surface area (Å²) in [5.74, 6) is -1.04. The number of benzene rings is 1. The van der Waals surface area contributed by atoms with Crippen molar-refractivity contribution in [3.63, 3.8) is 0 Å². The van der Waals surface area contributed by atoms with E-state index in [1.807, 2.05) is 0 Å². The van der Waals surface area contributed by atoms with Crippen LogP contribution < -0.4 is 10.5 Å². The van der Waals surface area contributed by atoms with Crippen molar-refractivity contribution in [3.8, 4) is 11.8 Å². The quantitative estimate of drug-likeness (QED) is 0.719. The fraction of sp³-hybridized carbons (Fsp3) is 0.417. The second-order valence-corrected chi connectivity index (χ2v) is 8.46. The molecule has 2 N–H and O–H groups in total. The average molecular weight is 452 g/mol. The summed E-state index contributed by atoms with van der Waals surface area (Å²) in [7, 11) is 0. The van der Waals surface area contributed by atoms with Crippen LogP contribution >= 0.6 is 0 Å². The zero-order valence-corrected chi connectivity index (χ0v) is 18.1. The molecular weight excluding hydrogens is 427 g/mol. The molecule has 2 fully saturated rings. The first-order valence-electron chi connectivity index (χ1n) is 11.0. The minimum Gasteiger partial charge on any atom is -0.493 e. The van der Waals surface area contributed by atoms with Crippen LogP contribution in [0.25, 0.3) is 0 Å². The molecule has 9 heteroatoms. The predicted octanol–water partition coefficient (Wildman–Crippen LogP) is 3.28. The van der Waals surface area contributed by atoms with Crippen molar-refractivity contribution in [2.45, 2.75) is 38.1 Å². The van der Waals surface area contributed by atoms with Gasteiger partial charge in [-0.3, -0.25) is 19.4 Å². The highest BCUT2D eigenvalue weighted by Gasteiger charge is 2.37. The topological polar surface area (TPSA) is 119 Å². The lowest BCUT2D eigenvalue weighted by Crippen LogP contribution is -2.37. The normalized spacial score (nSPS) is 22.5. The van der Waals surface area contributed by atoms with Gasteiger partial charge in [-0.1, -0.05) is 0 Å². The van der Waals surface area contributed by atoms with Gasteiger partial charge >= 0.3 is 0 Å². The van der Waals surface area contributed by atoms with Crippen LogP contribution in [-0.4, -0.2) is 35.1 Å². The smallest absolute Gasteiger partial charge is 0.251 e. The number of hydrogen-bond donors (Lipinski definition) is 1. The molecule has 2 heterocycles. The maximum absolute atomic E-state index is 13.6. The number of primary amides is 1. The third-order valence-corrected chi connectivity index (χ3v) is 6.28. The lowest BCUT2D eigenvalue weighted by molar-refractivity contribution is -0.183. The van der Waals surface area contributed by atoms with Gasteiger partial charge in [-0.15, -0.1) is 0 Å². The van der Waals surface area contributed by atoms with E-state index in [1.54, 1.807) is 12.3 Å². The van der Waals surface area contributed by atoms with Gasteiger partial charge in [-0.05, 0) is 61.4 Å². The standard InChI is InChI=1S/C24H25FN4O4/c25-21-6-5-19(10-20(21)23(27)30)32-14-15-1-3-17(4-2-15)24(31)29-22(7-8-33-29)18-9-16(11-26)12-28-13-18/h5-6,9-10,12-13,15,17,22H,1-4,7-8,14H2,(H2,27,30)/t15-,17-,22-/m0/s1. The molecule has 0 unspecified atom stereocenters. The first-order chi connectivity index (χ1) is 16.0. The van der Waals surface area contributed by atoms with Gasteiger partial charge in [0.1, 0.15) is 17.6 Å². The molecule has 2 amide bonds. The van der Waals surface area contributed by atoms with Gasteiger partial charge in [-0.25, -0.2) is 9.45 Å². The Balaban J connectivity index is 1.31. The molecule has 172 valence electrons. The molecule has 4 rings (SSSR count). The van der Waals surface area contributed by atoms with E-state index in [9.17, 15) is 14.0 Å². The highest BCUT2D eigenvalue weighted by atomic mass is 19.1. The minimum absolute atomic E-state index is 0.0381. The van der Waals surface area contributed by atoms with E-state index >= 15 is 0 Å². The monoisotopic (exact) mass is 452 g/mol. The number of rotatable bonds is 6. The minimum atomic E-state index is -0.838. The van der Waals surface area contributed by atoms with Crippen molar-refractivity contribution in [3.05, 3.63) is 59.2 Å². The summed E-state index contributed by atoms with van der Waals surface area (Å²) in [5.41, 5.74) is 6.24. The molecule has 1 atom stereocenters. The van der Waals surface area contributed by atoms with Crippen LogP contribution in [0.3, 0.4) is 0 Å². The largest absolute Gasteiger partial charge is 0.493 e. The zero-order valence-electron chi connectivity index (χ0n) is 18.1. The molecule has 8 nitrogen and oxygen atoms in total. The molecule has 1 aromatic carbocycles. The number of hydroxylamine groups is 2. The van der Waals surface area contributed by atoms with Crippen LogP contribution in [0.15, 0.2) is 36.7 Å². The van der Waals surface area contributed by atoms with Crippen molar-refractivity contribution >= 4 is 11.8 Å². The number of ether oxygens (including phenoxy) is 1. The summed E-state index contributed by atoms with van der Waals surface area (Å²) in [6.45, 7) is 0.863. The molecule has 1 saturated heterocycles. The van der Waals surface area contributed by atoms with E-state index in [0.29, 0.717) is 43.8 Å².